The molecule has 2 nitrogen and oxygen atoms in total. The van der Waals surface area contributed by atoms with Crippen molar-refractivity contribution in [3.05, 3.63) is 12.3 Å². The molecule has 0 aliphatic heterocycles. The van der Waals surface area contributed by atoms with Crippen molar-refractivity contribution in [2.24, 2.45) is 0 Å². The third kappa shape index (κ3) is 11.6. The number of hydrogen-bond donors (Lipinski definition) is 1. The van der Waals surface area contributed by atoms with Crippen LogP contribution < -0.4 is 5.32 Å². The first-order chi connectivity index (χ1) is 7.81. The molecule has 0 fully saturated rings. The molecule has 0 aromatic rings. The Morgan fingerprint density at radius 1 is 1.06 bits per heavy atom. The molecule has 16 heavy (non-hydrogen) atoms. The van der Waals surface area contributed by atoms with Crippen LogP contribution >= 0.6 is 0 Å². The Morgan fingerprint density at radius 3 is 2.44 bits per heavy atom. The Kier molecular flexibility index (Phi) is 12.2. The van der Waals surface area contributed by atoms with Crippen molar-refractivity contribution < 1.29 is 0 Å². The molecule has 0 bridgehead atoms. The average molecular weight is 226 g/mol. The summed E-state index contributed by atoms with van der Waals surface area (Å²) in [5, 5.41) is 3.19. The van der Waals surface area contributed by atoms with Gasteiger partial charge in [-0.15, -0.1) is 0 Å². The van der Waals surface area contributed by atoms with Crippen molar-refractivity contribution in [2.45, 2.75) is 51.9 Å². The minimum absolute atomic E-state index is 1.17. The van der Waals surface area contributed by atoms with Crippen LogP contribution in [0.1, 0.15) is 51.9 Å². The van der Waals surface area contributed by atoms with Crippen LogP contribution in [-0.2, 0) is 0 Å². The van der Waals surface area contributed by atoms with E-state index in [1.807, 2.05) is 7.05 Å². The predicted octanol–water partition coefficient (Wildman–Crippen LogP) is 3.40. The molecule has 0 aliphatic rings. The fourth-order valence-electron chi connectivity index (χ4n) is 1.69. The average Bonchev–Trinajstić information content (AvgIpc) is 2.28. The van der Waals surface area contributed by atoms with E-state index in [0.29, 0.717) is 0 Å². The van der Waals surface area contributed by atoms with Gasteiger partial charge in [0.05, 0.1) is 0 Å². The van der Waals surface area contributed by atoms with Gasteiger partial charge < -0.3 is 10.2 Å². The highest BCUT2D eigenvalue weighted by Crippen LogP contribution is 2.03. The molecule has 0 heterocycles. The van der Waals surface area contributed by atoms with E-state index < -0.39 is 0 Å². The quantitative estimate of drug-likeness (QED) is 0.543. The Hall–Kier alpha value is -0.500. The molecule has 0 spiro atoms. The van der Waals surface area contributed by atoms with Crippen molar-refractivity contribution in [3.63, 3.8) is 0 Å². The van der Waals surface area contributed by atoms with Crippen molar-refractivity contribution >= 4 is 0 Å². The van der Waals surface area contributed by atoms with Gasteiger partial charge >= 0.3 is 0 Å². The van der Waals surface area contributed by atoms with Gasteiger partial charge in [-0.25, -0.2) is 0 Å². The number of allylic oxidation sites excluding steroid dienone is 1. The number of hydrogen-bond acceptors (Lipinski definition) is 2. The lowest BCUT2D eigenvalue weighted by molar-refractivity contribution is 0.427. The lowest BCUT2D eigenvalue weighted by Gasteiger charge is -2.13. The van der Waals surface area contributed by atoms with Gasteiger partial charge in [0.1, 0.15) is 0 Å². The molecule has 0 aliphatic carbocycles. The Morgan fingerprint density at radius 2 is 1.75 bits per heavy atom. The largest absolute Gasteiger partial charge is 0.381 e. The van der Waals surface area contributed by atoms with Crippen LogP contribution in [0.2, 0.25) is 0 Å². The Labute approximate surface area is 102 Å². The summed E-state index contributed by atoms with van der Waals surface area (Å²) in [5.74, 6) is 0. The molecule has 2 heteroatoms. The van der Waals surface area contributed by atoms with Gasteiger partial charge in [0, 0.05) is 13.6 Å². The van der Waals surface area contributed by atoms with Crippen molar-refractivity contribution in [3.8, 4) is 0 Å². The van der Waals surface area contributed by atoms with Gasteiger partial charge in [-0.1, -0.05) is 38.7 Å². The van der Waals surface area contributed by atoms with E-state index in [1.54, 1.807) is 0 Å². The van der Waals surface area contributed by atoms with Gasteiger partial charge in [0.2, 0.25) is 0 Å². The normalized spacial score (nSPS) is 11.2. The molecule has 0 atom stereocenters. The van der Waals surface area contributed by atoms with Gasteiger partial charge in [0.15, 0.2) is 0 Å². The molecule has 0 saturated carbocycles. The highest BCUT2D eigenvalue weighted by Gasteiger charge is 1.93. The summed E-state index contributed by atoms with van der Waals surface area (Å²) in [6, 6.07) is 0. The first kappa shape index (κ1) is 15.5. The zero-order chi connectivity index (χ0) is 12.1. The fourth-order valence-corrected chi connectivity index (χ4v) is 1.69. The van der Waals surface area contributed by atoms with Crippen molar-refractivity contribution in [2.75, 3.05) is 27.2 Å². The van der Waals surface area contributed by atoms with Crippen molar-refractivity contribution in [1.29, 1.82) is 0 Å². The summed E-state index contributed by atoms with van der Waals surface area (Å²) in [5.41, 5.74) is 0. The zero-order valence-electron chi connectivity index (χ0n) is 11.5. The molecule has 0 radical (unpaired) electrons. The number of nitrogens with one attached hydrogen (secondary N) is 1. The van der Waals surface area contributed by atoms with Gasteiger partial charge in [0.25, 0.3) is 0 Å². The third-order valence-corrected chi connectivity index (χ3v) is 2.75. The fraction of sp³-hybridized carbons (Fsp3) is 0.857. The lowest BCUT2D eigenvalue weighted by atomic mass is 10.1. The number of rotatable bonds is 11. The van der Waals surface area contributed by atoms with Gasteiger partial charge in [-0.2, -0.15) is 0 Å². The SMILES string of the molecule is CCC/C=C/N(C)CCCCCCCNC. The number of nitrogens with zero attached hydrogens (tertiary/aromatic N) is 1. The molecule has 0 aromatic carbocycles. The Bertz CT molecular complexity index is 155. The van der Waals surface area contributed by atoms with Crippen LogP contribution in [0.3, 0.4) is 0 Å². The molecule has 0 saturated heterocycles. The second-order valence-electron chi connectivity index (χ2n) is 4.53. The first-order valence-electron chi connectivity index (χ1n) is 6.82. The lowest BCUT2D eigenvalue weighted by Crippen LogP contribution is -2.12. The van der Waals surface area contributed by atoms with Crippen molar-refractivity contribution in [1.82, 2.24) is 10.2 Å². The summed E-state index contributed by atoms with van der Waals surface area (Å²) in [6.07, 6.45) is 13.7. The standard InChI is InChI=1S/C14H30N2/c1-4-5-10-13-16(3)14-11-8-6-7-9-12-15-2/h10,13,15H,4-9,11-12,14H2,1-3H3/b13-10+. The highest BCUT2D eigenvalue weighted by atomic mass is 15.1. The predicted molar refractivity (Wildman–Crippen MR) is 73.7 cm³/mol. The third-order valence-electron chi connectivity index (χ3n) is 2.75. The second-order valence-corrected chi connectivity index (χ2v) is 4.53. The molecule has 0 unspecified atom stereocenters. The van der Waals surface area contributed by atoms with E-state index in [4.69, 9.17) is 0 Å². The minimum Gasteiger partial charge on any atom is -0.381 e. The molecule has 1 N–H and O–H groups in total. The van der Waals surface area contributed by atoms with Crippen LogP contribution in [0.15, 0.2) is 12.3 Å². The summed E-state index contributed by atoms with van der Waals surface area (Å²) in [7, 11) is 4.20. The molecule has 96 valence electrons. The van der Waals surface area contributed by atoms with Crippen LogP contribution in [-0.4, -0.2) is 32.1 Å². The summed E-state index contributed by atoms with van der Waals surface area (Å²) in [4.78, 5) is 2.31. The van der Waals surface area contributed by atoms with E-state index in [-0.39, 0.29) is 0 Å². The van der Waals surface area contributed by atoms with E-state index in [0.717, 1.165) is 0 Å². The first-order valence-corrected chi connectivity index (χ1v) is 6.82. The van der Waals surface area contributed by atoms with E-state index in [1.165, 1.54) is 58.0 Å². The summed E-state index contributed by atoms with van der Waals surface area (Å²) < 4.78 is 0. The molecule has 0 aromatic heterocycles. The van der Waals surface area contributed by atoms with Crippen LogP contribution in [0.4, 0.5) is 0 Å². The maximum absolute atomic E-state index is 3.19. The second kappa shape index (κ2) is 12.6. The molecule has 0 rings (SSSR count). The van der Waals surface area contributed by atoms with Crippen LogP contribution in [0.25, 0.3) is 0 Å². The summed E-state index contributed by atoms with van der Waals surface area (Å²) >= 11 is 0. The summed E-state index contributed by atoms with van der Waals surface area (Å²) in [6.45, 7) is 4.58. The van der Waals surface area contributed by atoms with Gasteiger partial charge in [-0.05, 0) is 39.1 Å². The van der Waals surface area contributed by atoms with E-state index in [2.05, 4.69) is 36.5 Å². The van der Waals surface area contributed by atoms with E-state index >= 15 is 0 Å². The smallest absolute Gasteiger partial charge is 0.0169 e. The van der Waals surface area contributed by atoms with Gasteiger partial charge in [-0.3, -0.25) is 0 Å². The maximum atomic E-state index is 3.19. The molecular weight excluding hydrogens is 196 g/mol. The van der Waals surface area contributed by atoms with E-state index in [9.17, 15) is 0 Å². The number of unbranched alkanes of at least 4 members (excludes halogenated alkanes) is 5. The van der Waals surface area contributed by atoms with Crippen LogP contribution in [0, 0.1) is 0 Å². The topological polar surface area (TPSA) is 15.3 Å². The molecular formula is C14H30N2. The Balaban J connectivity index is 3.17. The minimum atomic E-state index is 1.17. The zero-order valence-corrected chi connectivity index (χ0v) is 11.5. The molecule has 0 amide bonds. The van der Waals surface area contributed by atoms with Crippen LogP contribution in [0.5, 0.6) is 0 Å². The maximum Gasteiger partial charge on any atom is 0.0169 e. The monoisotopic (exact) mass is 226 g/mol. The highest BCUT2D eigenvalue weighted by molar-refractivity contribution is 4.79.